The van der Waals surface area contributed by atoms with Crippen molar-refractivity contribution in [3.63, 3.8) is 0 Å². The molecule has 0 aliphatic heterocycles. The van der Waals surface area contributed by atoms with Crippen LogP contribution in [0.5, 0.6) is 0 Å². The van der Waals surface area contributed by atoms with Crippen molar-refractivity contribution in [1.82, 2.24) is 0 Å². The Morgan fingerprint density at radius 2 is 2.17 bits per heavy atom. The number of rotatable bonds is 0. The minimum atomic E-state index is -0.294. The molecule has 0 aliphatic carbocycles. The Morgan fingerprint density at radius 3 is 2.75 bits per heavy atom. The quantitative estimate of drug-likeness (QED) is 0.576. The van der Waals surface area contributed by atoms with E-state index >= 15 is 0 Å². The lowest BCUT2D eigenvalue weighted by molar-refractivity contribution is 0.350. The van der Waals surface area contributed by atoms with Crippen LogP contribution in [-0.4, -0.2) is 11.7 Å². The molecule has 0 saturated heterocycles. The zero-order chi connectivity index (χ0) is 8.97. The molecule has 0 bridgehead atoms. The average Bonchev–Trinajstić information content (AvgIpc) is 1.99. The predicted octanol–water partition coefficient (Wildman–Crippen LogP) is 1.48. The van der Waals surface area contributed by atoms with Crippen molar-refractivity contribution in [1.29, 1.82) is 0 Å². The maximum absolute atomic E-state index is 12.7. The van der Waals surface area contributed by atoms with Crippen LogP contribution in [0.25, 0.3) is 0 Å². The SMILES string of the molecule is Cc1cc(F)cc(C#CCO)c1. The monoisotopic (exact) mass is 164 g/mol. The summed E-state index contributed by atoms with van der Waals surface area (Å²) in [4.78, 5) is 0. The van der Waals surface area contributed by atoms with Gasteiger partial charge in [0.25, 0.3) is 0 Å². The molecule has 0 aromatic heterocycles. The van der Waals surface area contributed by atoms with Crippen LogP contribution in [0, 0.1) is 24.6 Å². The first-order chi connectivity index (χ1) is 5.72. The maximum Gasteiger partial charge on any atom is 0.124 e. The normalized spacial score (nSPS) is 8.92. The van der Waals surface area contributed by atoms with Crippen LogP contribution in [-0.2, 0) is 0 Å². The summed E-state index contributed by atoms with van der Waals surface area (Å²) in [7, 11) is 0. The summed E-state index contributed by atoms with van der Waals surface area (Å²) in [6, 6.07) is 4.55. The molecule has 2 heteroatoms. The maximum atomic E-state index is 12.7. The van der Waals surface area contributed by atoms with Gasteiger partial charge in [0.15, 0.2) is 0 Å². The molecular weight excluding hydrogens is 155 g/mol. The van der Waals surface area contributed by atoms with Crippen LogP contribution >= 0.6 is 0 Å². The summed E-state index contributed by atoms with van der Waals surface area (Å²) in [5.74, 6) is 4.80. The van der Waals surface area contributed by atoms with E-state index in [4.69, 9.17) is 5.11 Å². The number of aliphatic hydroxyl groups excluding tert-OH is 1. The minimum Gasteiger partial charge on any atom is -0.384 e. The molecule has 0 radical (unpaired) electrons. The molecule has 1 aromatic carbocycles. The molecule has 1 aromatic rings. The van der Waals surface area contributed by atoms with Crippen LogP contribution in [0.4, 0.5) is 4.39 Å². The lowest BCUT2D eigenvalue weighted by Gasteiger charge is -1.94. The smallest absolute Gasteiger partial charge is 0.124 e. The zero-order valence-corrected chi connectivity index (χ0v) is 6.76. The second kappa shape index (κ2) is 3.89. The van der Waals surface area contributed by atoms with E-state index in [1.165, 1.54) is 12.1 Å². The Hall–Kier alpha value is -1.33. The summed E-state index contributed by atoms with van der Waals surface area (Å²) < 4.78 is 12.7. The average molecular weight is 164 g/mol. The van der Waals surface area contributed by atoms with Gasteiger partial charge in [-0.15, -0.1) is 0 Å². The number of aliphatic hydroxyl groups is 1. The first-order valence-corrected chi connectivity index (χ1v) is 3.59. The standard InChI is InChI=1S/C10H9FO/c1-8-5-9(3-2-4-12)7-10(11)6-8/h5-7,12H,4H2,1H3. The number of hydrogen-bond acceptors (Lipinski definition) is 1. The second-order valence-corrected chi connectivity index (χ2v) is 2.48. The van der Waals surface area contributed by atoms with Crippen LogP contribution in [0.3, 0.4) is 0 Å². The van der Waals surface area contributed by atoms with Gasteiger partial charge in [-0.1, -0.05) is 11.8 Å². The first-order valence-electron chi connectivity index (χ1n) is 3.59. The summed E-state index contributed by atoms with van der Waals surface area (Å²) in [5.41, 5.74) is 1.43. The lowest BCUT2D eigenvalue weighted by Crippen LogP contribution is -1.82. The van der Waals surface area contributed by atoms with Gasteiger partial charge in [0.2, 0.25) is 0 Å². The number of halogens is 1. The zero-order valence-electron chi connectivity index (χ0n) is 6.76. The van der Waals surface area contributed by atoms with Crippen LogP contribution in [0.2, 0.25) is 0 Å². The fraction of sp³-hybridized carbons (Fsp3) is 0.200. The van der Waals surface area contributed by atoms with Crippen molar-refractivity contribution in [2.75, 3.05) is 6.61 Å². The summed E-state index contributed by atoms with van der Waals surface area (Å²) in [6.45, 7) is 1.60. The van der Waals surface area contributed by atoms with Crippen molar-refractivity contribution in [3.05, 3.63) is 35.1 Å². The van der Waals surface area contributed by atoms with Crippen molar-refractivity contribution in [2.24, 2.45) is 0 Å². The van der Waals surface area contributed by atoms with Gasteiger partial charge in [-0.05, 0) is 30.7 Å². The van der Waals surface area contributed by atoms with Gasteiger partial charge in [-0.2, -0.15) is 0 Å². The molecule has 0 amide bonds. The largest absolute Gasteiger partial charge is 0.384 e. The van der Waals surface area contributed by atoms with Gasteiger partial charge in [0, 0.05) is 5.56 Å². The van der Waals surface area contributed by atoms with Crippen LogP contribution in [0.1, 0.15) is 11.1 Å². The molecule has 0 fully saturated rings. The van der Waals surface area contributed by atoms with Gasteiger partial charge < -0.3 is 5.11 Å². The van der Waals surface area contributed by atoms with E-state index in [1.54, 1.807) is 13.0 Å². The van der Waals surface area contributed by atoms with E-state index in [9.17, 15) is 4.39 Å². The molecular formula is C10H9FO. The van der Waals surface area contributed by atoms with Gasteiger partial charge in [0.05, 0.1) is 0 Å². The molecule has 0 unspecified atom stereocenters. The molecule has 0 atom stereocenters. The van der Waals surface area contributed by atoms with Gasteiger partial charge in [-0.3, -0.25) is 0 Å². The summed E-state index contributed by atoms with van der Waals surface area (Å²) in [5, 5.41) is 8.40. The van der Waals surface area contributed by atoms with Gasteiger partial charge >= 0.3 is 0 Å². The molecule has 0 heterocycles. The highest BCUT2D eigenvalue weighted by Gasteiger charge is 1.93. The Balaban J connectivity index is 3.01. The Bertz CT molecular complexity index is 313. The second-order valence-electron chi connectivity index (χ2n) is 2.48. The molecule has 1 N–H and O–H groups in total. The van der Waals surface area contributed by atoms with Crippen molar-refractivity contribution >= 4 is 0 Å². The molecule has 0 spiro atoms. The third kappa shape index (κ3) is 2.37. The van der Waals surface area contributed by atoms with Crippen molar-refractivity contribution < 1.29 is 9.50 Å². The van der Waals surface area contributed by atoms with Gasteiger partial charge in [-0.25, -0.2) is 4.39 Å². The number of aryl methyl sites for hydroxylation is 1. The predicted molar refractivity (Wildman–Crippen MR) is 45.1 cm³/mol. The topological polar surface area (TPSA) is 20.2 Å². The summed E-state index contributed by atoms with van der Waals surface area (Å²) >= 11 is 0. The Kier molecular flexibility index (Phi) is 2.84. The Morgan fingerprint density at radius 1 is 1.42 bits per heavy atom. The van der Waals surface area contributed by atoms with Crippen LogP contribution < -0.4 is 0 Å². The van der Waals surface area contributed by atoms with E-state index in [0.717, 1.165) is 5.56 Å². The van der Waals surface area contributed by atoms with E-state index in [-0.39, 0.29) is 12.4 Å². The van der Waals surface area contributed by atoms with Crippen molar-refractivity contribution in [3.8, 4) is 11.8 Å². The highest BCUT2D eigenvalue weighted by molar-refractivity contribution is 5.37. The molecule has 1 rings (SSSR count). The minimum absolute atomic E-state index is 0.199. The molecule has 1 nitrogen and oxygen atoms in total. The van der Waals surface area contributed by atoms with E-state index in [1.807, 2.05) is 0 Å². The third-order valence-electron chi connectivity index (χ3n) is 1.35. The highest BCUT2D eigenvalue weighted by Crippen LogP contribution is 2.06. The van der Waals surface area contributed by atoms with Gasteiger partial charge in [0.1, 0.15) is 12.4 Å². The van der Waals surface area contributed by atoms with E-state index in [0.29, 0.717) is 5.56 Å². The lowest BCUT2D eigenvalue weighted by atomic mass is 10.1. The first kappa shape index (κ1) is 8.76. The number of hydrogen-bond donors (Lipinski definition) is 1. The summed E-state index contributed by atoms with van der Waals surface area (Å²) in [6.07, 6.45) is 0. The fourth-order valence-electron chi connectivity index (χ4n) is 0.950. The van der Waals surface area contributed by atoms with E-state index < -0.39 is 0 Å². The molecule has 12 heavy (non-hydrogen) atoms. The molecule has 0 aliphatic rings. The number of benzene rings is 1. The fourth-order valence-corrected chi connectivity index (χ4v) is 0.950. The molecule has 62 valence electrons. The van der Waals surface area contributed by atoms with E-state index in [2.05, 4.69) is 11.8 Å². The Labute approximate surface area is 70.9 Å². The van der Waals surface area contributed by atoms with Crippen LogP contribution in [0.15, 0.2) is 18.2 Å². The van der Waals surface area contributed by atoms with Crippen molar-refractivity contribution in [2.45, 2.75) is 6.92 Å². The highest BCUT2D eigenvalue weighted by atomic mass is 19.1. The molecule has 0 saturated carbocycles. The third-order valence-corrected chi connectivity index (χ3v) is 1.35.